The van der Waals surface area contributed by atoms with Crippen LogP contribution in [0.4, 0.5) is 11.4 Å². The van der Waals surface area contributed by atoms with E-state index in [9.17, 15) is 9.59 Å². The summed E-state index contributed by atoms with van der Waals surface area (Å²) in [6, 6.07) is 7.53. The van der Waals surface area contributed by atoms with Crippen LogP contribution in [0.5, 0.6) is 0 Å². The second-order valence-corrected chi connectivity index (χ2v) is 5.74. The molecule has 2 aliphatic heterocycles. The summed E-state index contributed by atoms with van der Waals surface area (Å²) in [5.41, 5.74) is 1.52. The number of benzene rings is 1. The van der Waals surface area contributed by atoms with E-state index in [0.29, 0.717) is 13.0 Å². The van der Waals surface area contributed by atoms with Crippen molar-refractivity contribution in [2.24, 2.45) is 0 Å². The van der Waals surface area contributed by atoms with Gasteiger partial charge in [0.2, 0.25) is 11.8 Å². The van der Waals surface area contributed by atoms with E-state index in [2.05, 4.69) is 15.5 Å². The highest BCUT2D eigenvalue weighted by molar-refractivity contribution is 6.02. The summed E-state index contributed by atoms with van der Waals surface area (Å²) in [6.45, 7) is 4.74. The van der Waals surface area contributed by atoms with Crippen molar-refractivity contribution in [1.82, 2.24) is 10.2 Å². The molecule has 1 aromatic carbocycles. The molecule has 2 amide bonds. The summed E-state index contributed by atoms with van der Waals surface area (Å²) in [7, 11) is 0. The van der Waals surface area contributed by atoms with Crippen LogP contribution in [0.15, 0.2) is 24.3 Å². The van der Waals surface area contributed by atoms with Gasteiger partial charge in [-0.2, -0.15) is 0 Å². The number of carbonyl (C=O) groups is 2. The van der Waals surface area contributed by atoms with Crippen LogP contribution in [0.1, 0.15) is 12.8 Å². The zero-order valence-electron chi connectivity index (χ0n) is 13.5. The Morgan fingerprint density at radius 2 is 1.83 bits per heavy atom. The van der Waals surface area contributed by atoms with Gasteiger partial charge in [-0.15, -0.1) is 24.8 Å². The predicted octanol–water partition coefficient (Wildman–Crippen LogP) is 1.50. The maximum absolute atomic E-state index is 12.3. The zero-order valence-corrected chi connectivity index (χ0v) is 15.1. The van der Waals surface area contributed by atoms with Crippen molar-refractivity contribution in [1.29, 1.82) is 0 Å². The van der Waals surface area contributed by atoms with E-state index in [1.807, 2.05) is 24.3 Å². The second kappa shape index (κ2) is 9.84. The highest BCUT2D eigenvalue weighted by Gasteiger charge is 2.24. The minimum Gasteiger partial charge on any atom is -0.323 e. The van der Waals surface area contributed by atoms with Crippen molar-refractivity contribution in [3.8, 4) is 0 Å². The third-order valence-electron chi connectivity index (χ3n) is 4.12. The van der Waals surface area contributed by atoms with Crippen molar-refractivity contribution in [3.63, 3.8) is 0 Å². The largest absolute Gasteiger partial charge is 0.323 e. The van der Waals surface area contributed by atoms with Gasteiger partial charge in [0.1, 0.15) is 0 Å². The third kappa shape index (κ3) is 5.08. The molecule has 2 saturated heterocycles. The lowest BCUT2D eigenvalue weighted by molar-refractivity contribution is -0.118. The number of hydrogen-bond donors (Lipinski definition) is 2. The number of hydrogen-bond acceptors (Lipinski definition) is 4. The SMILES string of the molecule is Cl.Cl.O=C(CN1CCNCC1)Nc1ccccc1N1CCCC1=O. The van der Waals surface area contributed by atoms with E-state index >= 15 is 0 Å². The maximum Gasteiger partial charge on any atom is 0.238 e. The van der Waals surface area contributed by atoms with Crippen LogP contribution in [0, 0.1) is 0 Å². The van der Waals surface area contributed by atoms with Crippen LogP contribution in [0.2, 0.25) is 0 Å². The Hall–Kier alpha value is -1.34. The number of anilines is 2. The molecule has 0 bridgehead atoms. The van der Waals surface area contributed by atoms with Crippen molar-refractivity contribution < 1.29 is 9.59 Å². The van der Waals surface area contributed by atoms with E-state index in [4.69, 9.17) is 0 Å². The van der Waals surface area contributed by atoms with Gasteiger partial charge in [-0.25, -0.2) is 0 Å². The van der Waals surface area contributed by atoms with Gasteiger partial charge in [0.05, 0.1) is 17.9 Å². The number of carbonyl (C=O) groups excluding carboxylic acids is 2. The van der Waals surface area contributed by atoms with Gasteiger partial charge in [0.25, 0.3) is 0 Å². The predicted molar refractivity (Wildman–Crippen MR) is 100 cm³/mol. The smallest absolute Gasteiger partial charge is 0.238 e. The third-order valence-corrected chi connectivity index (χ3v) is 4.12. The van der Waals surface area contributed by atoms with Gasteiger partial charge in [0, 0.05) is 39.1 Å². The molecular weight excluding hydrogens is 351 g/mol. The highest BCUT2D eigenvalue weighted by atomic mass is 35.5. The van der Waals surface area contributed by atoms with Crippen molar-refractivity contribution in [3.05, 3.63) is 24.3 Å². The fourth-order valence-corrected chi connectivity index (χ4v) is 2.98. The fraction of sp³-hybridized carbons (Fsp3) is 0.500. The number of amides is 2. The van der Waals surface area contributed by atoms with E-state index in [-0.39, 0.29) is 36.6 Å². The molecule has 2 heterocycles. The van der Waals surface area contributed by atoms with Crippen LogP contribution in [-0.2, 0) is 9.59 Å². The summed E-state index contributed by atoms with van der Waals surface area (Å²) in [4.78, 5) is 28.1. The summed E-state index contributed by atoms with van der Waals surface area (Å²) in [5.74, 6) is 0.102. The fourth-order valence-electron chi connectivity index (χ4n) is 2.98. The standard InChI is InChI=1S/C16H22N4O2.2ClH/c21-15(12-19-10-7-17-8-11-19)18-13-4-1-2-5-14(13)20-9-3-6-16(20)22;;/h1-2,4-5,17H,3,6-12H2,(H,18,21);2*1H. The first kappa shape index (κ1) is 20.7. The van der Waals surface area contributed by atoms with Crippen molar-refractivity contribution in [2.75, 3.05) is 49.5 Å². The summed E-state index contributed by atoms with van der Waals surface area (Å²) < 4.78 is 0. The lowest BCUT2D eigenvalue weighted by atomic mass is 10.2. The molecule has 2 fully saturated rings. The first-order valence-corrected chi connectivity index (χ1v) is 7.86. The van der Waals surface area contributed by atoms with Crippen LogP contribution in [0.3, 0.4) is 0 Å². The van der Waals surface area contributed by atoms with Gasteiger partial charge in [-0.1, -0.05) is 12.1 Å². The first-order chi connectivity index (χ1) is 10.7. The molecule has 3 rings (SSSR count). The number of nitrogens with one attached hydrogen (secondary N) is 2. The van der Waals surface area contributed by atoms with E-state index < -0.39 is 0 Å². The number of para-hydroxylation sites is 2. The van der Waals surface area contributed by atoms with Gasteiger partial charge in [0.15, 0.2) is 0 Å². The molecule has 0 unspecified atom stereocenters. The van der Waals surface area contributed by atoms with Gasteiger partial charge >= 0.3 is 0 Å². The topological polar surface area (TPSA) is 64.7 Å². The number of piperazine rings is 1. The Balaban J connectivity index is 0.00000144. The molecule has 2 N–H and O–H groups in total. The Morgan fingerprint density at radius 1 is 1.12 bits per heavy atom. The second-order valence-electron chi connectivity index (χ2n) is 5.74. The van der Waals surface area contributed by atoms with Crippen LogP contribution < -0.4 is 15.5 Å². The number of nitrogens with zero attached hydrogens (tertiary/aromatic N) is 2. The maximum atomic E-state index is 12.3. The average molecular weight is 375 g/mol. The lowest BCUT2D eigenvalue weighted by Crippen LogP contribution is -2.46. The molecule has 0 aliphatic carbocycles. The van der Waals surface area contributed by atoms with E-state index in [0.717, 1.165) is 50.5 Å². The minimum absolute atomic E-state index is 0. The molecule has 0 aromatic heterocycles. The molecular formula is C16H24Cl2N4O2. The molecule has 134 valence electrons. The van der Waals surface area contributed by atoms with E-state index in [1.165, 1.54) is 0 Å². The Kier molecular flexibility index (Phi) is 8.48. The Labute approximate surface area is 154 Å². The van der Waals surface area contributed by atoms with E-state index in [1.54, 1.807) is 4.90 Å². The Bertz CT molecular complexity index is 565. The number of halogens is 2. The molecule has 8 heteroatoms. The van der Waals surface area contributed by atoms with Crippen molar-refractivity contribution >= 4 is 48.0 Å². The van der Waals surface area contributed by atoms with Crippen molar-refractivity contribution in [2.45, 2.75) is 12.8 Å². The van der Waals surface area contributed by atoms with Crippen LogP contribution in [-0.4, -0.2) is 56.0 Å². The quantitative estimate of drug-likeness (QED) is 0.837. The highest BCUT2D eigenvalue weighted by Crippen LogP contribution is 2.29. The Morgan fingerprint density at radius 3 is 2.50 bits per heavy atom. The monoisotopic (exact) mass is 374 g/mol. The molecule has 2 aliphatic rings. The summed E-state index contributed by atoms with van der Waals surface area (Å²) in [6.07, 6.45) is 1.46. The molecule has 6 nitrogen and oxygen atoms in total. The molecule has 0 saturated carbocycles. The summed E-state index contributed by atoms with van der Waals surface area (Å²) >= 11 is 0. The average Bonchev–Trinajstić information content (AvgIpc) is 2.95. The van der Waals surface area contributed by atoms with Crippen LogP contribution in [0.25, 0.3) is 0 Å². The molecule has 0 atom stereocenters. The zero-order chi connectivity index (χ0) is 15.4. The normalized spacial score (nSPS) is 17.8. The first-order valence-electron chi connectivity index (χ1n) is 7.86. The molecule has 24 heavy (non-hydrogen) atoms. The lowest BCUT2D eigenvalue weighted by Gasteiger charge is -2.27. The minimum atomic E-state index is -0.0269. The van der Waals surface area contributed by atoms with Gasteiger partial charge < -0.3 is 15.5 Å². The van der Waals surface area contributed by atoms with Crippen LogP contribution >= 0.6 is 24.8 Å². The summed E-state index contributed by atoms with van der Waals surface area (Å²) in [5, 5.41) is 6.23. The number of rotatable bonds is 4. The van der Waals surface area contributed by atoms with Gasteiger partial charge in [-0.05, 0) is 18.6 Å². The molecule has 0 spiro atoms. The van der Waals surface area contributed by atoms with Gasteiger partial charge in [-0.3, -0.25) is 14.5 Å². The molecule has 1 aromatic rings. The molecule has 0 radical (unpaired) electrons.